The second-order valence-corrected chi connectivity index (χ2v) is 8.40. The van der Waals surface area contributed by atoms with Gasteiger partial charge >= 0.3 is 0 Å². The average Bonchev–Trinajstić information content (AvgIpc) is 3.28. The van der Waals surface area contributed by atoms with E-state index in [-0.39, 0.29) is 6.10 Å². The SMILES string of the molecule is OC[C@H]1O[C@@H](c2ccc(Cl)c(Cc3ccccc3O[C@H]3CCOC3)c2)[C@H](O)[C@@H](O)[C@@H]1O. The molecule has 0 amide bonds. The summed E-state index contributed by atoms with van der Waals surface area (Å²) in [4.78, 5) is 0. The Balaban J connectivity index is 1.58. The van der Waals surface area contributed by atoms with E-state index in [0.717, 1.165) is 23.3 Å². The molecule has 0 bridgehead atoms. The molecular weight excluding hydrogens is 424 g/mol. The molecule has 2 aromatic carbocycles. The Kier molecular flexibility index (Phi) is 7.13. The van der Waals surface area contributed by atoms with Gasteiger partial charge in [-0.25, -0.2) is 0 Å². The van der Waals surface area contributed by atoms with E-state index in [9.17, 15) is 20.4 Å². The lowest BCUT2D eigenvalue weighted by molar-refractivity contribution is -0.231. The molecule has 0 saturated carbocycles. The van der Waals surface area contributed by atoms with E-state index in [1.54, 1.807) is 12.1 Å². The summed E-state index contributed by atoms with van der Waals surface area (Å²) >= 11 is 6.46. The highest BCUT2D eigenvalue weighted by Gasteiger charge is 2.44. The molecule has 0 aliphatic carbocycles. The summed E-state index contributed by atoms with van der Waals surface area (Å²) in [6.45, 7) is 0.791. The minimum absolute atomic E-state index is 0.0251. The van der Waals surface area contributed by atoms with Crippen LogP contribution in [0.1, 0.15) is 29.2 Å². The van der Waals surface area contributed by atoms with Crippen molar-refractivity contribution in [2.45, 2.75) is 49.5 Å². The van der Waals surface area contributed by atoms with Crippen LogP contribution in [-0.2, 0) is 15.9 Å². The topological polar surface area (TPSA) is 109 Å². The summed E-state index contributed by atoms with van der Waals surface area (Å²) in [6, 6.07) is 13.0. The van der Waals surface area contributed by atoms with Gasteiger partial charge in [-0.2, -0.15) is 0 Å². The van der Waals surface area contributed by atoms with Crippen molar-refractivity contribution in [2.75, 3.05) is 19.8 Å². The van der Waals surface area contributed by atoms with Crippen LogP contribution in [0.15, 0.2) is 42.5 Å². The average molecular weight is 451 g/mol. The quantitative estimate of drug-likeness (QED) is 0.529. The molecule has 2 heterocycles. The van der Waals surface area contributed by atoms with Gasteiger partial charge in [-0.05, 0) is 28.8 Å². The van der Waals surface area contributed by atoms with E-state index in [1.807, 2.05) is 30.3 Å². The van der Waals surface area contributed by atoms with Gasteiger partial charge in [0.05, 0.1) is 19.8 Å². The van der Waals surface area contributed by atoms with Crippen LogP contribution in [0.3, 0.4) is 0 Å². The highest BCUT2D eigenvalue weighted by atomic mass is 35.5. The second-order valence-electron chi connectivity index (χ2n) is 7.99. The molecule has 8 heteroatoms. The van der Waals surface area contributed by atoms with E-state index in [1.165, 1.54) is 0 Å². The summed E-state index contributed by atoms with van der Waals surface area (Å²) in [6.07, 6.45) is -4.68. The molecule has 4 rings (SSSR count). The highest BCUT2D eigenvalue weighted by molar-refractivity contribution is 6.31. The number of ether oxygens (including phenoxy) is 3. The second kappa shape index (κ2) is 9.83. The van der Waals surface area contributed by atoms with Crippen molar-refractivity contribution < 1.29 is 34.6 Å². The van der Waals surface area contributed by atoms with Crippen LogP contribution in [-0.4, -0.2) is 70.8 Å². The van der Waals surface area contributed by atoms with E-state index in [0.29, 0.717) is 30.2 Å². The Bertz CT molecular complexity index is 884. The smallest absolute Gasteiger partial charge is 0.124 e. The van der Waals surface area contributed by atoms with Crippen molar-refractivity contribution in [3.8, 4) is 5.75 Å². The number of benzene rings is 2. The first-order valence-corrected chi connectivity index (χ1v) is 10.8. The molecule has 31 heavy (non-hydrogen) atoms. The molecule has 0 spiro atoms. The van der Waals surface area contributed by atoms with Crippen molar-refractivity contribution in [1.29, 1.82) is 0 Å². The fraction of sp³-hybridized carbons (Fsp3) is 0.478. The van der Waals surface area contributed by atoms with Gasteiger partial charge in [-0.15, -0.1) is 0 Å². The van der Waals surface area contributed by atoms with Crippen molar-refractivity contribution in [2.24, 2.45) is 0 Å². The molecule has 0 aromatic heterocycles. The van der Waals surface area contributed by atoms with Gasteiger partial charge in [0.2, 0.25) is 0 Å². The highest BCUT2D eigenvalue weighted by Crippen LogP contribution is 2.35. The van der Waals surface area contributed by atoms with E-state index < -0.39 is 37.1 Å². The number of halogens is 1. The van der Waals surface area contributed by atoms with Gasteiger partial charge in [-0.3, -0.25) is 0 Å². The van der Waals surface area contributed by atoms with Gasteiger partial charge in [0.15, 0.2) is 0 Å². The third kappa shape index (κ3) is 4.88. The normalized spacial score (nSPS) is 31.0. The molecule has 2 fully saturated rings. The molecule has 2 aromatic rings. The standard InChI is InChI=1S/C23H27ClO7/c24-17-6-5-14(23-22(28)21(27)20(26)19(11-25)31-23)10-15(17)9-13-3-1-2-4-18(13)30-16-7-8-29-12-16/h1-6,10,16,19-23,25-28H,7-9,11-12H2/t16-,19+,20+,21-,22+,23-/m0/s1. The lowest BCUT2D eigenvalue weighted by Gasteiger charge is -2.40. The van der Waals surface area contributed by atoms with Crippen molar-refractivity contribution in [3.63, 3.8) is 0 Å². The fourth-order valence-electron chi connectivity index (χ4n) is 4.04. The summed E-state index contributed by atoms with van der Waals surface area (Å²) in [5.41, 5.74) is 2.36. The van der Waals surface area contributed by atoms with Crippen LogP contribution in [0.2, 0.25) is 5.02 Å². The molecule has 6 atom stereocenters. The van der Waals surface area contributed by atoms with Crippen molar-refractivity contribution >= 4 is 11.6 Å². The Morgan fingerprint density at radius 3 is 2.55 bits per heavy atom. The molecule has 4 N–H and O–H groups in total. The summed E-state index contributed by atoms with van der Waals surface area (Å²) in [5, 5.41) is 40.6. The minimum Gasteiger partial charge on any atom is -0.488 e. The van der Waals surface area contributed by atoms with Gasteiger partial charge in [-0.1, -0.05) is 41.9 Å². The zero-order chi connectivity index (χ0) is 22.0. The minimum atomic E-state index is -1.43. The van der Waals surface area contributed by atoms with Crippen LogP contribution in [0.4, 0.5) is 0 Å². The predicted octanol–water partition coefficient (Wildman–Crippen LogP) is 1.61. The summed E-state index contributed by atoms with van der Waals surface area (Å²) < 4.78 is 17.2. The monoisotopic (exact) mass is 450 g/mol. The fourth-order valence-corrected chi connectivity index (χ4v) is 4.22. The van der Waals surface area contributed by atoms with Gasteiger partial charge < -0.3 is 34.6 Å². The number of hydrogen-bond donors (Lipinski definition) is 4. The lowest BCUT2D eigenvalue weighted by atomic mass is 9.90. The molecule has 2 aliphatic heterocycles. The number of aliphatic hydroxyl groups excluding tert-OH is 4. The van der Waals surface area contributed by atoms with E-state index in [4.69, 9.17) is 25.8 Å². The third-order valence-corrected chi connectivity index (χ3v) is 6.19. The van der Waals surface area contributed by atoms with Crippen molar-refractivity contribution in [1.82, 2.24) is 0 Å². The lowest BCUT2D eigenvalue weighted by Crippen LogP contribution is -2.55. The number of hydrogen-bond acceptors (Lipinski definition) is 7. The zero-order valence-electron chi connectivity index (χ0n) is 16.9. The molecule has 0 radical (unpaired) electrons. The summed E-state index contributed by atoms with van der Waals surface area (Å²) in [5.74, 6) is 0.771. The zero-order valence-corrected chi connectivity index (χ0v) is 17.7. The predicted molar refractivity (Wildman–Crippen MR) is 113 cm³/mol. The van der Waals surface area contributed by atoms with Crippen LogP contribution in [0.5, 0.6) is 5.75 Å². The first-order valence-electron chi connectivity index (χ1n) is 10.4. The van der Waals surface area contributed by atoms with Gasteiger partial charge in [0, 0.05) is 17.9 Å². The number of rotatable bonds is 6. The Morgan fingerprint density at radius 2 is 1.81 bits per heavy atom. The summed E-state index contributed by atoms with van der Waals surface area (Å²) in [7, 11) is 0. The largest absolute Gasteiger partial charge is 0.488 e. The molecular formula is C23H27ClO7. The molecule has 2 aliphatic rings. The molecule has 168 valence electrons. The van der Waals surface area contributed by atoms with Crippen molar-refractivity contribution in [3.05, 3.63) is 64.2 Å². The van der Waals surface area contributed by atoms with E-state index >= 15 is 0 Å². The maximum atomic E-state index is 10.4. The van der Waals surface area contributed by atoms with Gasteiger partial charge in [0.1, 0.15) is 42.4 Å². The van der Waals surface area contributed by atoms with Crippen LogP contribution in [0, 0.1) is 0 Å². The molecule has 0 unspecified atom stereocenters. The third-order valence-electron chi connectivity index (χ3n) is 5.83. The first kappa shape index (κ1) is 22.5. The Labute approximate surface area is 185 Å². The first-order chi connectivity index (χ1) is 15.0. The van der Waals surface area contributed by atoms with Crippen LogP contribution < -0.4 is 4.74 Å². The number of aliphatic hydroxyl groups is 4. The van der Waals surface area contributed by atoms with Gasteiger partial charge in [0.25, 0.3) is 0 Å². The molecule has 7 nitrogen and oxygen atoms in total. The Hall–Kier alpha value is -1.71. The van der Waals surface area contributed by atoms with Crippen LogP contribution >= 0.6 is 11.6 Å². The Morgan fingerprint density at radius 1 is 1.00 bits per heavy atom. The molecule has 2 saturated heterocycles. The van der Waals surface area contributed by atoms with Crippen LogP contribution in [0.25, 0.3) is 0 Å². The maximum Gasteiger partial charge on any atom is 0.124 e. The maximum absolute atomic E-state index is 10.4. The van der Waals surface area contributed by atoms with E-state index in [2.05, 4.69) is 0 Å². The number of para-hydroxylation sites is 1.